The average molecular weight is 371 g/mol. The third kappa shape index (κ3) is 7.49. The molecule has 0 spiro atoms. The van der Waals surface area contributed by atoms with Crippen LogP contribution < -0.4 is 11.1 Å². The van der Waals surface area contributed by atoms with Gasteiger partial charge >= 0.3 is 6.18 Å². The Morgan fingerprint density at radius 2 is 2.10 bits per heavy atom. The van der Waals surface area contributed by atoms with Crippen LogP contribution in [-0.2, 0) is 0 Å². The molecule has 1 aromatic heterocycles. The molecule has 120 valence electrons. The number of aliphatic hydroxyl groups is 1. The number of nitrogens with two attached hydrogens (primary N) is 1. The molecule has 0 saturated heterocycles. The summed E-state index contributed by atoms with van der Waals surface area (Å²) >= 11 is 3.25. The molecule has 0 aliphatic carbocycles. The quantitative estimate of drug-likeness (QED) is 0.653. The largest absolute Gasteiger partial charge is 0.401 e. The third-order valence-electron chi connectivity index (χ3n) is 2.66. The minimum absolute atomic E-state index is 0.135. The number of anilines is 2. The molecule has 1 aromatic rings. The maximum absolute atomic E-state index is 12.4. The molecule has 1 heterocycles. The smallest absolute Gasteiger partial charge is 0.396 e. The summed E-state index contributed by atoms with van der Waals surface area (Å²) in [6.07, 6.45) is -2.42. The predicted molar refractivity (Wildman–Crippen MR) is 79.0 cm³/mol. The van der Waals surface area contributed by atoms with Crippen LogP contribution in [0.4, 0.5) is 24.7 Å². The van der Waals surface area contributed by atoms with Crippen LogP contribution in [-0.4, -0.2) is 54.0 Å². The summed E-state index contributed by atoms with van der Waals surface area (Å²) in [6.45, 7) is -0.468. The summed E-state index contributed by atoms with van der Waals surface area (Å²) in [7, 11) is 0. The first-order valence-corrected chi connectivity index (χ1v) is 7.16. The van der Waals surface area contributed by atoms with Gasteiger partial charge in [0.15, 0.2) is 0 Å². The van der Waals surface area contributed by atoms with Crippen molar-refractivity contribution in [3.8, 4) is 0 Å². The molecule has 0 aliphatic rings. The molecule has 0 amide bonds. The van der Waals surface area contributed by atoms with Crippen molar-refractivity contribution in [1.29, 1.82) is 0 Å². The molecular weight excluding hydrogens is 353 g/mol. The van der Waals surface area contributed by atoms with Crippen molar-refractivity contribution in [2.24, 2.45) is 0 Å². The molecule has 1 rings (SSSR count). The number of aliphatic hydroxyl groups excluding tert-OH is 1. The SMILES string of the molecule is Nc1ncc(Br)cc1NCCN(CCCO)CC(F)(F)F. The van der Waals surface area contributed by atoms with Crippen LogP contribution in [0.2, 0.25) is 0 Å². The van der Waals surface area contributed by atoms with Crippen molar-refractivity contribution >= 4 is 27.4 Å². The van der Waals surface area contributed by atoms with Crippen molar-refractivity contribution in [1.82, 2.24) is 9.88 Å². The molecule has 0 radical (unpaired) electrons. The van der Waals surface area contributed by atoms with Gasteiger partial charge in [-0.25, -0.2) is 4.98 Å². The summed E-state index contributed by atoms with van der Waals surface area (Å²) < 4.78 is 38.0. The highest BCUT2D eigenvalue weighted by atomic mass is 79.9. The highest BCUT2D eigenvalue weighted by Gasteiger charge is 2.30. The number of alkyl halides is 3. The van der Waals surface area contributed by atoms with Gasteiger partial charge in [0.05, 0.1) is 12.2 Å². The monoisotopic (exact) mass is 370 g/mol. The van der Waals surface area contributed by atoms with E-state index in [4.69, 9.17) is 10.8 Å². The summed E-state index contributed by atoms with van der Waals surface area (Å²) in [5.74, 6) is 0.288. The van der Waals surface area contributed by atoms with Gasteiger partial charge < -0.3 is 16.2 Å². The summed E-state index contributed by atoms with van der Waals surface area (Å²) in [4.78, 5) is 5.17. The number of hydrogen-bond acceptors (Lipinski definition) is 5. The van der Waals surface area contributed by atoms with E-state index < -0.39 is 12.7 Å². The summed E-state index contributed by atoms with van der Waals surface area (Å²) in [5, 5.41) is 11.7. The standard InChI is InChI=1S/C12H18BrF3N4O/c13-9-6-10(11(17)19-7-9)18-2-4-20(3-1-5-21)8-12(14,15)16/h6-7,18,21H,1-5,8H2,(H2,17,19). The van der Waals surface area contributed by atoms with Crippen LogP contribution in [0.25, 0.3) is 0 Å². The Morgan fingerprint density at radius 1 is 1.38 bits per heavy atom. The Kier molecular flexibility index (Phi) is 7.20. The van der Waals surface area contributed by atoms with Gasteiger partial charge in [-0.2, -0.15) is 13.2 Å². The number of nitrogens with one attached hydrogen (secondary N) is 1. The van der Waals surface area contributed by atoms with E-state index in [-0.39, 0.29) is 25.5 Å². The second-order valence-electron chi connectivity index (χ2n) is 4.48. The number of pyridine rings is 1. The van der Waals surface area contributed by atoms with Gasteiger partial charge in [-0.3, -0.25) is 4.90 Å². The molecule has 0 unspecified atom stereocenters. The second-order valence-corrected chi connectivity index (χ2v) is 5.40. The third-order valence-corrected chi connectivity index (χ3v) is 3.10. The fourth-order valence-electron chi connectivity index (χ4n) is 1.76. The summed E-state index contributed by atoms with van der Waals surface area (Å²) in [5.41, 5.74) is 6.24. The molecule has 0 fully saturated rings. The maximum Gasteiger partial charge on any atom is 0.401 e. The van der Waals surface area contributed by atoms with E-state index in [0.717, 1.165) is 4.47 Å². The highest BCUT2D eigenvalue weighted by Crippen LogP contribution is 2.20. The summed E-state index contributed by atoms with van der Waals surface area (Å²) in [6, 6.07) is 1.71. The van der Waals surface area contributed by atoms with Crippen LogP contribution in [0.5, 0.6) is 0 Å². The van der Waals surface area contributed by atoms with E-state index in [9.17, 15) is 13.2 Å². The predicted octanol–water partition coefficient (Wildman–Crippen LogP) is 2.08. The van der Waals surface area contributed by atoms with Gasteiger partial charge in [0, 0.05) is 36.9 Å². The molecule has 21 heavy (non-hydrogen) atoms. The Morgan fingerprint density at radius 3 is 2.71 bits per heavy atom. The first-order chi connectivity index (χ1) is 9.81. The Labute approximate surface area is 129 Å². The van der Waals surface area contributed by atoms with Crippen LogP contribution in [0.1, 0.15) is 6.42 Å². The fourth-order valence-corrected chi connectivity index (χ4v) is 2.09. The molecule has 9 heteroatoms. The minimum Gasteiger partial charge on any atom is -0.396 e. The Bertz CT molecular complexity index is 445. The van der Waals surface area contributed by atoms with E-state index in [1.807, 2.05) is 0 Å². The Hall–Kier alpha value is -1.06. The van der Waals surface area contributed by atoms with E-state index >= 15 is 0 Å². The van der Waals surface area contributed by atoms with E-state index in [1.54, 1.807) is 6.07 Å². The normalized spacial score (nSPS) is 11.9. The van der Waals surface area contributed by atoms with E-state index in [2.05, 4.69) is 26.2 Å². The molecule has 0 aromatic carbocycles. The Balaban J connectivity index is 2.50. The molecular formula is C12H18BrF3N4O. The van der Waals surface area contributed by atoms with Crippen LogP contribution in [0, 0.1) is 0 Å². The lowest BCUT2D eigenvalue weighted by Gasteiger charge is -2.23. The first-order valence-electron chi connectivity index (χ1n) is 6.36. The maximum atomic E-state index is 12.4. The van der Waals surface area contributed by atoms with Gasteiger partial charge in [-0.1, -0.05) is 0 Å². The average Bonchev–Trinajstić information content (AvgIpc) is 2.38. The van der Waals surface area contributed by atoms with Crippen LogP contribution in [0.3, 0.4) is 0 Å². The van der Waals surface area contributed by atoms with Gasteiger partial charge in [-0.05, 0) is 28.4 Å². The highest BCUT2D eigenvalue weighted by molar-refractivity contribution is 9.10. The van der Waals surface area contributed by atoms with E-state index in [0.29, 0.717) is 18.7 Å². The van der Waals surface area contributed by atoms with E-state index in [1.165, 1.54) is 11.1 Å². The topological polar surface area (TPSA) is 74.4 Å². The van der Waals surface area contributed by atoms with Crippen molar-refractivity contribution in [2.75, 3.05) is 43.8 Å². The zero-order valence-electron chi connectivity index (χ0n) is 11.3. The number of nitrogens with zero attached hydrogens (tertiary/aromatic N) is 2. The van der Waals surface area contributed by atoms with Crippen LogP contribution in [0.15, 0.2) is 16.7 Å². The minimum atomic E-state index is -4.26. The molecule has 0 aliphatic heterocycles. The van der Waals surface area contributed by atoms with Gasteiger partial charge in [-0.15, -0.1) is 0 Å². The molecule has 0 saturated carbocycles. The number of halogens is 4. The number of nitrogen functional groups attached to an aromatic ring is 1. The number of rotatable bonds is 8. The second kappa shape index (κ2) is 8.40. The van der Waals surface area contributed by atoms with Gasteiger partial charge in [0.1, 0.15) is 5.82 Å². The molecule has 4 N–H and O–H groups in total. The fraction of sp³-hybridized carbons (Fsp3) is 0.583. The zero-order valence-corrected chi connectivity index (χ0v) is 12.9. The zero-order chi connectivity index (χ0) is 15.9. The van der Waals surface area contributed by atoms with Crippen molar-refractivity contribution in [3.05, 3.63) is 16.7 Å². The van der Waals surface area contributed by atoms with Crippen molar-refractivity contribution < 1.29 is 18.3 Å². The lowest BCUT2D eigenvalue weighted by Crippen LogP contribution is -2.38. The first kappa shape index (κ1) is 18.0. The molecule has 0 bridgehead atoms. The van der Waals surface area contributed by atoms with Gasteiger partial charge in [0.2, 0.25) is 0 Å². The lowest BCUT2D eigenvalue weighted by molar-refractivity contribution is -0.145. The molecule has 5 nitrogen and oxygen atoms in total. The van der Waals surface area contributed by atoms with Crippen LogP contribution >= 0.6 is 15.9 Å². The molecule has 0 atom stereocenters. The number of aromatic nitrogens is 1. The lowest BCUT2D eigenvalue weighted by atomic mass is 10.3. The number of hydrogen-bond donors (Lipinski definition) is 3. The van der Waals surface area contributed by atoms with Crippen molar-refractivity contribution in [2.45, 2.75) is 12.6 Å². The van der Waals surface area contributed by atoms with Gasteiger partial charge in [0.25, 0.3) is 0 Å². The van der Waals surface area contributed by atoms with Crippen molar-refractivity contribution in [3.63, 3.8) is 0 Å².